The molecule has 0 aliphatic carbocycles. The van der Waals surface area contributed by atoms with Gasteiger partial charge in [0, 0.05) is 38.9 Å². The van der Waals surface area contributed by atoms with Gasteiger partial charge in [0.1, 0.15) is 0 Å². The summed E-state index contributed by atoms with van der Waals surface area (Å²) in [5, 5.41) is 3.04. The molecule has 1 aliphatic heterocycles. The highest BCUT2D eigenvalue weighted by molar-refractivity contribution is 5.83. The molecule has 0 aromatic rings. The lowest BCUT2D eigenvalue weighted by Gasteiger charge is -2.34. The molecule has 3 N–H and O–H groups in total. The van der Waals surface area contributed by atoms with E-state index in [0.717, 1.165) is 25.8 Å². The molecule has 0 spiro atoms. The summed E-state index contributed by atoms with van der Waals surface area (Å²) >= 11 is 0. The van der Waals surface area contributed by atoms with Gasteiger partial charge in [0.25, 0.3) is 0 Å². The predicted molar refractivity (Wildman–Crippen MR) is 76.9 cm³/mol. The van der Waals surface area contributed by atoms with Crippen molar-refractivity contribution in [2.45, 2.75) is 39.2 Å². The molecular formula is C14H29N3O2. The third kappa shape index (κ3) is 4.44. The van der Waals surface area contributed by atoms with Gasteiger partial charge in [-0.3, -0.25) is 4.79 Å². The molecule has 0 saturated carbocycles. The van der Waals surface area contributed by atoms with Gasteiger partial charge in [-0.15, -0.1) is 0 Å². The maximum Gasteiger partial charge on any atom is 0.227 e. The number of hydrogen-bond acceptors (Lipinski definition) is 4. The summed E-state index contributed by atoms with van der Waals surface area (Å²) < 4.78 is 5.32. The molecule has 0 aromatic carbocycles. The molecule has 0 bridgehead atoms. The summed E-state index contributed by atoms with van der Waals surface area (Å²) in [7, 11) is 2.09. The first-order valence-electron chi connectivity index (χ1n) is 7.32. The summed E-state index contributed by atoms with van der Waals surface area (Å²) in [6.07, 6.45) is 2.58. The number of nitrogens with zero attached hydrogens (tertiary/aromatic N) is 1. The van der Waals surface area contributed by atoms with Crippen LogP contribution in [0.4, 0.5) is 0 Å². The minimum atomic E-state index is -0.410. The second kappa shape index (κ2) is 7.82. The first kappa shape index (κ1) is 16.4. The molecule has 1 rings (SSSR count). The number of carbonyl (C=O) groups excluding carboxylic acids is 1. The summed E-state index contributed by atoms with van der Waals surface area (Å²) in [5.74, 6) is 0.0934. The van der Waals surface area contributed by atoms with Crippen molar-refractivity contribution in [3.63, 3.8) is 0 Å². The van der Waals surface area contributed by atoms with E-state index in [0.29, 0.717) is 32.3 Å². The van der Waals surface area contributed by atoms with E-state index < -0.39 is 5.41 Å². The van der Waals surface area contributed by atoms with Crippen molar-refractivity contribution < 1.29 is 9.53 Å². The lowest BCUT2D eigenvalue weighted by Crippen LogP contribution is -2.50. The average Bonchev–Trinajstić information content (AvgIpc) is 2.46. The molecule has 5 nitrogen and oxygen atoms in total. The van der Waals surface area contributed by atoms with Crippen LogP contribution in [0.3, 0.4) is 0 Å². The van der Waals surface area contributed by atoms with Crippen LogP contribution in [0.2, 0.25) is 0 Å². The maximum absolute atomic E-state index is 12.3. The number of hydrogen-bond donors (Lipinski definition) is 2. The van der Waals surface area contributed by atoms with Crippen LogP contribution in [0, 0.1) is 5.41 Å². The smallest absolute Gasteiger partial charge is 0.227 e. The summed E-state index contributed by atoms with van der Waals surface area (Å²) in [6, 6.07) is 0.545. The molecule has 0 radical (unpaired) electrons. The van der Waals surface area contributed by atoms with Gasteiger partial charge < -0.3 is 20.7 Å². The molecule has 0 aromatic heterocycles. The Bertz CT molecular complexity index is 278. The van der Waals surface area contributed by atoms with Crippen molar-refractivity contribution in [1.82, 2.24) is 10.2 Å². The van der Waals surface area contributed by atoms with Crippen molar-refractivity contribution in [3.8, 4) is 0 Å². The van der Waals surface area contributed by atoms with E-state index in [9.17, 15) is 4.79 Å². The van der Waals surface area contributed by atoms with E-state index in [4.69, 9.17) is 10.5 Å². The highest BCUT2D eigenvalue weighted by Crippen LogP contribution is 2.29. The summed E-state index contributed by atoms with van der Waals surface area (Å²) in [5.41, 5.74) is 5.40. The fourth-order valence-electron chi connectivity index (χ4n) is 2.35. The Morgan fingerprint density at radius 1 is 1.47 bits per heavy atom. The highest BCUT2D eigenvalue weighted by Gasteiger charge is 2.38. The Hall–Kier alpha value is -0.650. The number of likely N-dealkylation sites (N-methyl/N-ethyl adjacent to an activating group) is 1. The number of amides is 1. The standard InChI is InChI=1S/C14H29N3O2/c1-4-12(2)17(3)8-7-16-13(18)14(11-15)5-9-19-10-6-14/h12H,4-11,15H2,1-3H3,(H,16,18). The first-order chi connectivity index (χ1) is 9.05. The van der Waals surface area contributed by atoms with Gasteiger partial charge in [-0.2, -0.15) is 0 Å². The number of ether oxygens (including phenoxy) is 1. The fourth-order valence-corrected chi connectivity index (χ4v) is 2.35. The van der Waals surface area contributed by atoms with E-state index in [1.165, 1.54) is 0 Å². The van der Waals surface area contributed by atoms with Crippen LogP contribution in [0.15, 0.2) is 0 Å². The lowest BCUT2D eigenvalue weighted by molar-refractivity contribution is -0.135. The van der Waals surface area contributed by atoms with Crippen LogP contribution in [0.5, 0.6) is 0 Å². The lowest BCUT2D eigenvalue weighted by atomic mass is 9.79. The van der Waals surface area contributed by atoms with E-state index in [1.807, 2.05) is 0 Å². The molecule has 1 unspecified atom stereocenters. The van der Waals surface area contributed by atoms with Crippen molar-refractivity contribution in [3.05, 3.63) is 0 Å². The van der Waals surface area contributed by atoms with E-state index in [2.05, 4.69) is 31.1 Å². The second-order valence-corrected chi connectivity index (χ2v) is 5.59. The number of rotatable bonds is 7. The Morgan fingerprint density at radius 2 is 2.11 bits per heavy atom. The summed E-state index contributed by atoms with van der Waals surface area (Å²) in [4.78, 5) is 14.6. The molecule has 5 heteroatoms. The molecule has 1 amide bonds. The minimum Gasteiger partial charge on any atom is -0.381 e. The van der Waals surface area contributed by atoms with Crippen molar-refractivity contribution in [1.29, 1.82) is 0 Å². The molecule has 1 saturated heterocycles. The van der Waals surface area contributed by atoms with Crippen LogP contribution in [-0.2, 0) is 9.53 Å². The molecule has 112 valence electrons. The van der Waals surface area contributed by atoms with Gasteiger partial charge in [-0.05, 0) is 33.2 Å². The molecule has 1 heterocycles. The van der Waals surface area contributed by atoms with Crippen molar-refractivity contribution in [2.75, 3.05) is 39.9 Å². The molecule has 1 atom stereocenters. The zero-order valence-electron chi connectivity index (χ0n) is 12.6. The zero-order chi connectivity index (χ0) is 14.3. The van der Waals surface area contributed by atoms with Gasteiger partial charge >= 0.3 is 0 Å². The SMILES string of the molecule is CCC(C)N(C)CCNC(=O)C1(CN)CCOCC1. The average molecular weight is 271 g/mol. The van der Waals surface area contributed by atoms with Crippen LogP contribution < -0.4 is 11.1 Å². The third-order valence-electron chi connectivity index (χ3n) is 4.42. The normalized spacial score (nSPS) is 20.3. The third-order valence-corrected chi connectivity index (χ3v) is 4.42. The number of carbonyl (C=O) groups is 1. The van der Waals surface area contributed by atoms with Crippen LogP contribution in [-0.4, -0.2) is 56.7 Å². The number of nitrogens with one attached hydrogen (secondary N) is 1. The van der Waals surface area contributed by atoms with Crippen LogP contribution >= 0.6 is 0 Å². The monoisotopic (exact) mass is 271 g/mol. The maximum atomic E-state index is 12.3. The minimum absolute atomic E-state index is 0.0934. The molecule has 19 heavy (non-hydrogen) atoms. The summed E-state index contributed by atoms with van der Waals surface area (Å²) in [6.45, 7) is 7.60. The van der Waals surface area contributed by atoms with Crippen LogP contribution in [0.25, 0.3) is 0 Å². The van der Waals surface area contributed by atoms with Gasteiger partial charge in [0.15, 0.2) is 0 Å². The number of nitrogens with two attached hydrogens (primary N) is 1. The fraction of sp³-hybridized carbons (Fsp3) is 0.929. The van der Waals surface area contributed by atoms with Crippen LogP contribution in [0.1, 0.15) is 33.1 Å². The van der Waals surface area contributed by atoms with E-state index >= 15 is 0 Å². The molecule has 1 fully saturated rings. The Morgan fingerprint density at radius 3 is 2.63 bits per heavy atom. The molecular weight excluding hydrogens is 242 g/mol. The first-order valence-corrected chi connectivity index (χ1v) is 7.32. The quantitative estimate of drug-likeness (QED) is 0.711. The van der Waals surface area contributed by atoms with Gasteiger partial charge in [-0.1, -0.05) is 6.92 Å². The zero-order valence-corrected chi connectivity index (χ0v) is 12.6. The van der Waals surface area contributed by atoms with Gasteiger partial charge in [0.2, 0.25) is 5.91 Å². The van der Waals surface area contributed by atoms with Gasteiger partial charge in [-0.25, -0.2) is 0 Å². The Balaban J connectivity index is 2.37. The molecule has 1 aliphatic rings. The Kier molecular flexibility index (Phi) is 6.75. The largest absolute Gasteiger partial charge is 0.381 e. The van der Waals surface area contributed by atoms with E-state index in [1.54, 1.807) is 0 Å². The predicted octanol–water partition coefficient (Wildman–Crippen LogP) is 0.588. The van der Waals surface area contributed by atoms with Crippen molar-refractivity contribution >= 4 is 5.91 Å². The Labute approximate surface area is 116 Å². The van der Waals surface area contributed by atoms with Gasteiger partial charge in [0.05, 0.1) is 5.41 Å². The topological polar surface area (TPSA) is 67.6 Å². The second-order valence-electron chi connectivity index (χ2n) is 5.59. The highest BCUT2D eigenvalue weighted by atomic mass is 16.5. The van der Waals surface area contributed by atoms with Crippen molar-refractivity contribution in [2.24, 2.45) is 11.1 Å². The van der Waals surface area contributed by atoms with E-state index in [-0.39, 0.29) is 5.91 Å².